The Labute approximate surface area is 213 Å². The van der Waals surface area contributed by atoms with Crippen molar-refractivity contribution in [3.63, 3.8) is 0 Å². The molecule has 36 heavy (non-hydrogen) atoms. The lowest BCUT2D eigenvalue weighted by Gasteiger charge is -2.36. The molecule has 3 heterocycles. The van der Waals surface area contributed by atoms with E-state index >= 15 is 0 Å². The lowest BCUT2D eigenvalue weighted by molar-refractivity contribution is 0.171. The van der Waals surface area contributed by atoms with Crippen LogP contribution in [0.2, 0.25) is 0 Å². The molecule has 6 rings (SSSR count). The lowest BCUT2D eigenvalue weighted by Crippen LogP contribution is -2.33. The van der Waals surface area contributed by atoms with E-state index in [-0.39, 0.29) is 24.6 Å². The summed E-state index contributed by atoms with van der Waals surface area (Å²) in [6, 6.07) is 15.1. The molecule has 0 spiro atoms. The first kappa shape index (κ1) is 23.2. The van der Waals surface area contributed by atoms with Crippen LogP contribution in [0.4, 0.5) is 0 Å². The standard InChI is InChI=1S/C30H34N2O4/c1-18-5-7-20(8-6-18)13-24-28-22(10-12-32(24)4)15-27-29(35-17-34-27)30(28)36-26-16-23-19(2)31(3)11-9-21(23)14-25(26)33/h5-8,14-16,19,24,33H,9-13,17H2,1-4H3/t19-,24+/m1/s1. The summed E-state index contributed by atoms with van der Waals surface area (Å²) in [5.41, 5.74) is 7.25. The van der Waals surface area contributed by atoms with Crippen molar-refractivity contribution in [2.45, 2.75) is 45.2 Å². The Morgan fingerprint density at radius 3 is 2.53 bits per heavy atom. The van der Waals surface area contributed by atoms with Crippen LogP contribution in [-0.4, -0.2) is 48.9 Å². The van der Waals surface area contributed by atoms with Gasteiger partial charge in [-0.05, 0) is 87.7 Å². The largest absolute Gasteiger partial charge is 0.504 e. The van der Waals surface area contributed by atoms with Gasteiger partial charge in [0.25, 0.3) is 0 Å². The van der Waals surface area contributed by atoms with Crippen LogP contribution in [-0.2, 0) is 19.3 Å². The Bertz CT molecular complexity index is 1300. The summed E-state index contributed by atoms with van der Waals surface area (Å²) < 4.78 is 18.4. The van der Waals surface area contributed by atoms with Crippen molar-refractivity contribution >= 4 is 0 Å². The van der Waals surface area contributed by atoms with E-state index in [0.29, 0.717) is 23.0 Å². The Morgan fingerprint density at radius 2 is 1.72 bits per heavy atom. The zero-order valence-corrected chi connectivity index (χ0v) is 21.5. The fraction of sp³-hybridized carbons (Fsp3) is 0.400. The molecular formula is C30H34N2O4. The van der Waals surface area contributed by atoms with Gasteiger partial charge < -0.3 is 19.3 Å². The van der Waals surface area contributed by atoms with Crippen molar-refractivity contribution in [3.05, 3.63) is 75.8 Å². The van der Waals surface area contributed by atoms with Gasteiger partial charge in [-0.15, -0.1) is 0 Å². The minimum atomic E-state index is 0.116. The molecule has 0 unspecified atom stereocenters. The van der Waals surface area contributed by atoms with Crippen molar-refractivity contribution in [2.75, 3.05) is 34.0 Å². The summed E-state index contributed by atoms with van der Waals surface area (Å²) >= 11 is 0. The van der Waals surface area contributed by atoms with Crippen LogP contribution >= 0.6 is 0 Å². The third-order valence-electron chi connectivity index (χ3n) is 8.17. The second kappa shape index (κ2) is 9.02. The van der Waals surface area contributed by atoms with Gasteiger partial charge in [-0.2, -0.15) is 0 Å². The lowest BCUT2D eigenvalue weighted by atomic mass is 9.87. The molecule has 0 bridgehead atoms. The molecule has 3 aliphatic heterocycles. The second-order valence-corrected chi connectivity index (χ2v) is 10.5. The van der Waals surface area contributed by atoms with Crippen LogP contribution in [0.25, 0.3) is 0 Å². The fourth-order valence-corrected chi connectivity index (χ4v) is 5.78. The highest BCUT2D eigenvalue weighted by molar-refractivity contribution is 5.64. The maximum absolute atomic E-state index is 11.0. The molecule has 188 valence electrons. The van der Waals surface area contributed by atoms with E-state index < -0.39 is 0 Å². The van der Waals surface area contributed by atoms with Crippen molar-refractivity contribution in [1.29, 1.82) is 0 Å². The molecule has 3 aromatic carbocycles. The average molecular weight is 487 g/mol. The maximum atomic E-state index is 11.0. The molecular weight excluding hydrogens is 452 g/mol. The number of hydrogen-bond acceptors (Lipinski definition) is 6. The number of hydrogen-bond donors (Lipinski definition) is 1. The number of phenols is 1. The number of fused-ring (bicyclic) bond motifs is 3. The molecule has 6 heteroatoms. The van der Waals surface area contributed by atoms with E-state index in [1.54, 1.807) is 0 Å². The first-order valence-corrected chi connectivity index (χ1v) is 12.8. The predicted octanol–water partition coefficient (Wildman–Crippen LogP) is 5.54. The van der Waals surface area contributed by atoms with E-state index in [4.69, 9.17) is 14.2 Å². The summed E-state index contributed by atoms with van der Waals surface area (Å²) in [7, 11) is 4.31. The Kier molecular flexibility index (Phi) is 5.81. The molecule has 0 saturated heterocycles. The number of ether oxygens (including phenoxy) is 3. The van der Waals surface area contributed by atoms with Gasteiger partial charge in [0.1, 0.15) is 0 Å². The summed E-state index contributed by atoms with van der Waals surface area (Å²) in [5, 5.41) is 11.0. The maximum Gasteiger partial charge on any atom is 0.231 e. The predicted molar refractivity (Wildman–Crippen MR) is 139 cm³/mol. The van der Waals surface area contributed by atoms with Gasteiger partial charge in [0, 0.05) is 30.7 Å². The van der Waals surface area contributed by atoms with Gasteiger partial charge in [-0.1, -0.05) is 29.8 Å². The molecule has 0 radical (unpaired) electrons. The highest BCUT2D eigenvalue weighted by Gasteiger charge is 2.35. The van der Waals surface area contributed by atoms with Crippen LogP contribution in [0.3, 0.4) is 0 Å². The normalized spacial score (nSPS) is 21.2. The van der Waals surface area contributed by atoms with Crippen LogP contribution in [0.5, 0.6) is 28.7 Å². The number of rotatable bonds is 4. The van der Waals surface area contributed by atoms with E-state index in [1.807, 2.05) is 12.1 Å². The van der Waals surface area contributed by atoms with Gasteiger partial charge in [0.15, 0.2) is 23.0 Å². The number of aromatic hydroxyl groups is 1. The summed E-state index contributed by atoms with van der Waals surface area (Å²) in [6.45, 7) is 6.42. The highest BCUT2D eigenvalue weighted by Crippen LogP contribution is 2.52. The molecule has 0 amide bonds. The minimum absolute atomic E-state index is 0.116. The molecule has 0 fully saturated rings. The van der Waals surface area contributed by atoms with E-state index in [0.717, 1.165) is 37.9 Å². The Balaban J connectivity index is 1.45. The van der Waals surface area contributed by atoms with Gasteiger partial charge in [0.2, 0.25) is 12.5 Å². The first-order valence-electron chi connectivity index (χ1n) is 12.8. The van der Waals surface area contributed by atoms with Gasteiger partial charge in [0.05, 0.1) is 0 Å². The summed E-state index contributed by atoms with van der Waals surface area (Å²) in [4.78, 5) is 4.72. The number of likely N-dealkylation sites (N-methyl/N-ethyl adjacent to an activating group) is 2. The van der Waals surface area contributed by atoms with Gasteiger partial charge in [-0.25, -0.2) is 0 Å². The van der Waals surface area contributed by atoms with Gasteiger partial charge >= 0.3 is 0 Å². The highest BCUT2D eigenvalue weighted by atomic mass is 16.7. The molecule has 2 atom stereocenters. The molecule has 1 N–H and O–H groups in total. The smallest absolute Gasteiger partial charge is 0.231 e. The molecule has 6 nitrogen and oxygen atoms in total. The first-order chi connectivity index (χ1) is 17.4. The topological polar surface area (TPSA) is 54.4 Å². The second-order valence-electron chi connectivity index (χ2n) is 10.5. The van der Waals surface area contributed by atoms with Crippen LogP contribution in [0, 0.1) is 6.92 Å². The van der Waals surface area contributed by atoms with Crippen LogP contribution in [0.1, 0.15) is 52.4 Å². The van der Waals surface area contributed by atoms with E-state index in [9.17, 15) is 5.11 Å². The zero-order valence-electron chi connectivity index (χ0n) is 21.5. The quantitative estimate of drug-likeness (QED) is 0.522. The van der Waals surface area contributed by atoms with Crippen LogP contribution in [0.15, 0.2) is 42.5 Å². The SMILES string of the molecule is Cc1ccc(C[C@H]2c3c(cc4c(c3Oc3cc5c(cc3O)CCN(C)[C@@H]5C)OCO4)CCN2C)cc1. The molecule has 3 aromatic rings. The fourth-order valence-electron chi connectivity index (χ4n) is 5.78. The van der Waals surface area contributed by atoms with Crippen LogP contribution < -0.4 is 14.2 Å². The van der Waals surface area contributed by atoms with Gasteiger partial charge in [-0.3, -0.25) is 9.80 Å². The molecule has 0 aromatic heterocycles. The molecule has 3 aliphatic rings. The van der Waals surface area contributed by atoms with Crippen molar-refractivity contribution in [3.8, 4) is 28.7 Å². The zero-order chi connectivity index (χ0) is 25.0. The third kappa shape index (κ3) is 3.98. The van der Waals surface area contributed by atoms with E-state index in [2.05, 4.69) is 68.1 Å². The minimum Gasteiger partial charge on any atom is -0.504 e. The Hall–Kier alpha value is -3.22. The number of nitrogens with zero attached hydrogens (tertiary/aromatic N) is 2. The summed E-state index contributed by atoms with van der Waals surface area (Å²) in [5.74, 6) is 2.63. The van der Waals surface area contributed by atoms with Crippen molar-refractivity contribution < 1.29 is 19.3 Å². The van der Waals surface area contributed by atoms with Crippen molar-refractivity contribution in [2.24, 2.45) is 0 Å². The average Bonchev–Trinajstić information content (AvgIpc) is 3.34. The third-order valence-corrected chi connectivity index (χ3v) is 8.17. The monoisotopic (exact) mass is 486 g/mol. The van der Waals surface area contributed by atoms with Crippen molar-refractivity contribution in [1.82, 2.24) is 9.80 Å². The summed E-state index contributed by atoms with van der Waals surface area (Å²) in [6.07, 6.45) is 2.68. The van der Waals surface area contributed by atoms with E-state index in [1.165, 1.54) is 27.8 Å². The molecule has 0 aliphatic carbocycles. The Morgan fingerprint density at radius 1 is 0.972 bits per heavy atom. The molecule has 0 saturated carbocycles. The number of phenolic OH excluding ortho intramolecular Hbond substituents is 1. The number of aryl methyl sites for hydroxylation is 1. The number of benzene rings is 3.